The highest BCUT2D eigenvalue weighted by molar-refractivity contribution is 6.19. The minimum atomic E-state index is -0.0608. The Bertz CT molecular complexity index is 2670. The van der Waals surface area contributed by atoms with Crippen molar-refractivity contribution in [1.82, 2.24) is 5.32 Å². The second kappa shape index (κ2) is 11.2. The van der Waals surface area contributed by atoms with Crippen molar-refractivity contribution in [3.63, 3.8) is 0 Å². The van der Waals surface area contributed by atoms with Crippen LogP contribution in [-0.4, -0.2) is 0 Å². The van der Waals surface area contributed by atoms with E-state index in [-0.39, 0.29) is 12.2 Å². The quantitative estimate of drug-likeness (QED) is 0.204. The lowest BCUT2D eigenvalue weighted by Gasteiger charge is -2.35. The van der Waals surface area contributed by atoms with Crippen molar-refractivity contribution in [2.45, 2.75) is 12.2 Å². The van der Waals surface area contributed by atoms with Gasteiger partial charge in [-0.1, -0.05) is 146 Å². The van der Waals surface area contributed by atoms with Crippen LogP contribution in [0.1, 0.15) is 28.9 Å². The van der Waals surface area contributed by atoms with E-state index >= 15 is 0 Å². The van der Waals surface area contributed by atoms with Crippen LogP contribution in [0.5, 0.6) is 0 Å². The molecule has 2 atom stereocenters. The van der Waals surface area contributed by atoms with Gasteiger partial charge in [-0.15, -0.1) is 0 Å². The third-order valence-corrected chi connectivity index (χ3v) is 10.2. The monoisotopic (exact) mass is 628 g/mol. The van der Waals surface area contributed by atoms with Crippen molar-refractivity contribution in [2.24, 2.45) is 0 Å². The first-order chi connectivity index (χ1) is 24.3. The number of furan rings is 1. The Balaban J connectivity index is 1.03. The van der Waals surface area contributed by atoms with Crippen LogP contribution in [0.2, 0.25) is 0 Å². The number of nitrogens with one attached hydrogen (secondary N) is 2. The maximum Gasteiger partial charge on any atom is 0.143 e. The van der Waals surface area contributed by atoms with Gasteiger partial charge >= 0.3 is 0 Å². The second-order valence-electron chi connectivity index (χ2n) is 13.0. The fraction of sp³-hybridized carbons (Fsp3) is 0.0435. The fourth-order valence-electron chi connectivity index (χ4n) is 7.68. The molecule has 0 amide bonds. The van der Waals surface area contributed by atoms with Crippen LogP contribution in [0.15, 0.2) is 174 Å². The average Bonchev–Trinajstić information content (AvgIpc) is 3.55. The summed E-state index contributed by atoms with van der Waals surface area (Å²) < 4.78 is 6.73. The van der Waals surface area contributed by atoms with E-state index in [1.165, 1.54) is 55.1 Å². The predicted octanol–water partition coefficient (Wildman–Crippen LogP) is 12.0. The molecule has 1 aromatic heterocycles. The Hall–Kier alpha value is -6.16. The first-order valence-corrected chi connectivity index (χ1v) is 16.9. The molecule has 1 aliphatic rings. The SMILES string of the molecule is c1ccc(-c2cc3c4ccc(C5NC(c6ccc(-c7ccc8ccccc8c7)cc6)Nc6ccccc65)cc4oc3c3ccccc23)cc1. The number of rotatable bonds is 4. The van der Waals surface area contributed by atoms with E-state index in [4.69, 9.17) is 4.42 Å². The Kier molecular flexibility index (Phi) is 6.39. The van der Waals surface area contributed by atoms with Gasteiger partial charge in [0, 0.05) is 21.8 Å². The standard InChI is InChI=1S/C46H32N2O/c1-2-11-31(12-3-1)40-28-41-37-25-24-35(27-43(37)49-45(41)38-15-7-6-14-36(38)40)44-39-16-8-9-17-42(39)47-46(48-44)32-21-18-30(19-22-32)34-23-20-29-10-4-5-13-33(29)26-34/h1-28,44,46-48H. The molecule has 3 heteroatoms. The third kappa shape index (κ3) is 4.70. The van der Waals surface area contributed by atoms with Gasteiger partial charge in [0.15, 0.2) is 0 Å². The van der Waals surface area contributed by atoms with Crippen LogP contribution >= 0.6 is 0 Å². The van der Waals surface area contributed by atoms with E-state index in [2.05, 4.69) is 180 Å². The van der Waals surface area contributed by atoms with Gasteiger partial charge in [-0.05, 0) is 79.4 Å². The molecule has 8 aromatic carbocycles. The number of para-hydroxylation sites is 1. The van der Waals surface area contributed by atoms with Gasteiger partial charge in [-0.3, -0.25) is 5.32 Å². The molecule has 49 heavy (non-hydrogen) atoms. The highest BCUT2D eigenvalue weighted by Gasteiger charge is 2.28. The molecule has 0 radical (unpaired) electrons. The molecule has 9 aromatic rings. The normalized spacial score (nSPS) is 15.8. The molecule has 2 heterocycles. The Morgan fingerprint density at radius 1 is 0.449 bits per heavy atom. The van der Waals surface area contributed by atoms with Crippen LogP contribution in [0.25, 0.3) is 65.7 Å². The largest absolute Gasteiger partial charge is 0.455 e. The highest BCUT2D eigenvalue weighted by Crippen LogP contribution is 2.42. The number of fused-ring (bicyclic) bond motifs is 7. The fourth-order valence-corrected chi connectivity index (χ4v) is 7.68. The Morgan fingerprint density at radius 3 is 2.04 bits per heavy atom. The topological polar surface area (TPSA) is 37.2 Å². The minimum absolute atomic E-state index is 0.0168. The molecule has 0 saturated heterocycles. The lowest BCUT2D eigenvalue weighted by molar-refractivity contribution is 0.506. The van der Waals surface area contributed by atoms with Gasteiger partial charge in [0.05, 0.1) is 6.04 Å². The lowest BCUT2D eigenvalue weighted by atomic mass is 9.92. The smallest absolute Gasteiger partial charge is 0.143 e. The van der Waals surface area contributed by atoms with Gasteiger partial charge in [-0.25, -0.2) is 0 Å². The maximum absolute atomic E-state index is 6.73. The molecule has 10 rings (SSSR count). The lowest BCUT2D eigenvalue weighted by Crippen LogP contribution is -2.37. The van der Waals surface area contributed by atoms with Crippen LogP contribution in [-0.2, 0) is 0 Å². The van der Waals surface area contributed by atoms with Gasteiger partial charge in [0.1, 0.15) is 17.3 Å². The molecule has 1 aliphatic heterocycles. The van der Waals surface area contributed by atoms with Crippen LogP contribution in [0.3, 0.4) is 0 Å². The zero-order chi connectivity index (χ0) is 32.3. The summed E-state index contributed by atoms with van der Waals surface area (Å²) in [6, 6.07) is 60.9. The summed E-state index contributed by atoms with van der Waals surface area (Å²) in [5.41, 5.74) is 11.4. The van der Waals surface area contributed by atoms with Crippen molar-refractivity contribution in [1.29, 1.82) is 0 Å². The summed E-state index contributed by atoms with van der Waals surface area (Å²) in [6.45, 7) is 0. The van der Waals surface area contributed by atoms with Crippen molar-refractivity contribution in [3.8, 4) is 22.3 Å². The zero-order valence-electron chi connectivity index (χ0n) is 26.7. The summed E-state index contributed by atoms with van der Waals surface area (Å²) >= 11 is 0. The van der Waals surface area contributed by atoms with Crippen LogP contribution < -0.4 is 10.6 Å². The van der Waals surface area contributed by atoms with Crippen molar-refractivity contribution < 1.29 is 4.42 Å². The first kappa shape index (κ1) is 27.9. The average molecular weight is 629 g/mol. The van der Waals surface area contributed by atoms with Crippen molar-refractivity contribution in [3.05, 3.63) is 187 Å². The van der Waals surface area contributed by atoms with Gasteiger partial charge in [0.2, 0.25) is 0 Å². The van der Waals surface area contributed by atoms with Gasteiger partial charge in [-0.2, -0.15) is 0 Å². The predicted molar refractivity (Wildman–Crippen MR) is 204 cm³/mol. The number of benzene rings is 8. The maximum atomic E-state index is 6.73. The van der Waals surface area contributed by atoms with E-state index in [1.807, 2.05) is 0 Å². The molecule has 0 saturated carbocycles. The molecule has 0 fully saturated rings. The highest BCUT2D eigenvalue weighted by atomic mass is 16.3. The molecule has 0 bridgehead atoms. The summed E-state index contributed by atoms with van der Waals surface area (Å²) in [4.78, 5) is 0. The molecule has 0 spiro atoms. The van der Waals surface area contributed by atoms with E-state index in [0.29, 0.717) is 0 Å². The van der Waals surface area contributed by atoms with E-state index in [0.717, 1.165) is 33.0 Å². The number of hydrogen-bond donors (Lipinski definition) is 2. The van der Waals surface area contributed by atoms with E-state index in [9.17, 15) is 0 Å². The molecule has 0 aliphatic carbocycles. The Morgan fingerprint density at radius 2 is 1.16 bits per heavy atom. The zero-order valence-corrected chi connectivity index (χ0v) is 26.7. The summed E-state index contributed by atoms with van der Waals surface area (Å²) in [5.74, 6) is 0. The van der Waals surface area contributed by atoms with Crippen molar-refractivity contribution in [2.75, 3.05) is 5.32 Å². The molecule has 2 unspecified atom stereocenters. The Labute approximate surface area is 284 Å². The molecular weight excluding hydrogens is 597 g/mol. The third-order valence-electron chi connectivity index (χ3n) is 10.2. The molecule has 3 nitrogen and oxygen atoms in total. The van der Waals surface area contributed by atoms with E-state index < -0.39 is 0 Å². The summed E-state index contributed by atoms with van der Waals surface area (Å²) in [5, 5.41) is 14.8. The van der Waals surface area contributed by atoms with Gasteiger partial charge in [0.25, 0.3) is 0 Å². The second-order valence-corrected chi connectivity index (χ2v) is 13.0. The minimum Gasteiger partial charge on any atom is -0.455 e. The van der Waals surface area contributed by atoms with E-state index in [1.54, 1.807) is 0 Å². The molecule has 232 valence electrons. The van der Waals surface area contributed by atoms with Crippen molar-refractivity contribution >= 4 is 49.2 Å². The molecular formula is C46H32N2O. The summed E-state index contributed by atoms with van der Waals surface area (Å²) in [7, 11) is 0. The number of anilines is 1. The van der Waals surface area contributed by atoms with Crippen LogP contribution in [0.4, 0.5) is 5.69 Å². The summed E-state index contributed by atoms with van der Waals surface area (Å²) in [6.07, 6.45) is -0.0608. The van der Waals surface area contributed by atoms with Crippen LogP contribution in [0, 0.1) is 0 Å². The first-order valence-electron chi connectivity index (χ1n) is 16.9. The van der Waals surface area contributed by atoms with Gasteiger partial charge < -0.3 is 9.73 Å². The molecule has 2 N–H and O–H groups in total. The number of hydrogen-bond acceptors (Lipinski definition) is 3.